The Morgan fingerprint density at radius 3 is 2.56 bits per heavy atom. The minimum Gasteiger partial charge on any atom is -0.381 e. The van der Waals surface area contributed by atoms with Crippen molar-refractivity contribution in [1.82, 2.24) is 4.98 Å². The van der Waals surface area contributed by atoms with Crippen LogP contribution in [0.2, 0.25) is 0 Å². The molecule has 1 aromatic rings. The summed E-state index contributed by atoms with van der Waals surface area (Å²) in [6, 6.07) is -0.121. The van der Waals surface area contributed by atoms with Gasteiger partial charge in [0.25, 0.3) is 5.69 Å². The molecule has 2 atom stereocenters. The zero-order chi connectivity index (χ0) is 12.3. The zero-order valence-electron chi connectivity index (χ0n) is 8.31. The molecule has 16 heavy (non-hydrogen) atoms. The van der Waals surface area contributed by atoms with E-state index in [9.17, 15) is 25.3 Å². The van der Waals surface area contributed by atoms with Crippen LogP contribution in [-0.4, -0.2) is 26.0 Å². The van der Waals surface area contributed by atoms with Crippen LogP contribution in [0.3, 0.4) is 0 Å². The van der Waals surface area contributed by atoms with Crippen LogP contribution in [0.25, 0.3) is 0 Å². The third kappa shape index (κ3) is 2.28. The molecule has 0 spiro atoms. The van der Waals surface area contributed by atoms with Crippen LogP contribution < -0.4 is 0 Å². The number of nitro groups is 2. The van der Waals surface area contributed by atoms with Crippen molar-refractivity contribution in [3.8, 4) is 0 Å². The summed E-state index contributed by atoms with van der Waals surface area (Å²) in [4.78, 5) is 23.2. The molecule has 2 unspecified atom stereocenters. The fraction of sp³-hybridized carbons (Fsp3) is 0.375. The lowest BCUT2D eigenvalue weighted by Crippen LogP contribution is -2.24. The summed E-state index contributed by atoms with van der Waals surface area (Å²) in [5.74, 6) is 0. The van der Waals surface area contributed by atoms with Gasteiger partial charge in [0.1, 0.15) is 6.20 Å². The van der Waals surface area contributed by atoms with Crippen molar-refractivity contribution in [2.75, 3.05) is 0 Å². The first-order valence-electron chi connectivity index (χ1n) is 4.35. The van der Waals surface area contributed by atoms with Crippen molar-refractivity contribution in [3.63, 3.8) is 0 Å². The number of pyridine rings is 1. The van der Waals surface area contributed by atoms with Crippen LogP contribution >= 0.6 is 0 Å². The summed E-state index contributed by atoms with van der Waals surface area (Å²) in [5.41, 5.74) is -0.534. The van der Waals surface area contributed by atoms with E-state index in [-0.39, 0.29) is 5.56 Å². The van der Waals surface area contributed by atoms with Gasteiger partial charge < -0.3 is 5.11 Å². The molecule has 0 fully saturated rings. The normalized spacial score (nSPS) is 14.1. The van der Waals surface area contributed by atoms with Crippen LogP contribution in [0.4, 0.5) is 5.69 Å². The summed E-state index contributed by atoms with van der Waals surface area (Å²) in [5, 5.41) is 30.7. The van der Waals surface area contributed by atoms with Crippen LogP contribution in [0.15, 0.2) is 18.5 Å². The minimum absolute atomic E-state index is 0.107. The quantitative estimate of drug-likeness (QED) is 0.596. The molecule has 0 aliphatic rings. The SMILES string of the molecule is CC(C(O)c1ccncc1[N+](=O)[O-])[N+](=O)[O-]. The first kappa shape index (κ1) is 12.0. The fourth-order valence-electron chi connectivity index (χ4n) is 1.17. The molecule has 86 valence electrons. The molecule has 0 aromatic carbocycles. The molecule has 0 saturated heterocycles. The predicted molar refractivity (Wildman–Crippen MR) is 52.3 cm³/mol. The van der Waals surface area contributed by atoms with Crippen molar-refractivity contribution >= 4 is 5.69 Å². The number of aromatic nitrogens is 1. The van der Waals surface area contributed by atoms with Crippen molar-refractivity contribution in [2.45, 2.75) is 19.1 Å². The van der Waals surface area contributed by atoms with E-state index in [4.69, 9.17) is 0 Å². The van der Waals surface area contributed by atoms with Gasteiger partial charge in [-0.25, -0.2) is 0 Å². The van der Waals surface area contributed by atoms with Crippen molar-refractivity contribution in [1.29, 1.82) is 0 Å². The van der Waals surface area contributed by atoms with Gasteiger partial charge in [-0.05, 0) is 6.07 Å². The average Bonchev–Trinajstić information content (AvgIpc) is 2.26. The number of hydrogen-bond acceptors (Lipinski definition) is 6. The molecular formula is C8H9N3O5. The van der Waals surface area contributed by atoms with Gasteiger partial charge >= 0.3 is 0 Å². The molecular weight excluding hydrogens is 218 g/mol. The van der Waals surface area contributed by atoms with Gasteiger partial charge in [0.15, 0.2) is 6.10 Å². The molecule has 0 aliphatic carbocycles. The van der Waals surface area contributed by atoms with E-state index in [1.165, 1.54) is 19.2 Å². The molecule has 0 aliphatic heterocycles. The topological polar surface area (TPSA) is 119 Å². The first-order valence-corrected chi connectivity index (χ1v) is 4.35. The highest BCUT2D eigenvalue weighted by molar-refractivity contribution is 5.38. The molecule has 8 nitrogen and oxygen atoms in total. The standard InChI is InChI=1S/C8H9N3O5/c1-5(10(13)14)8(12)6-2-3-9-4-7(6)11(15)16/h2-5,8,12H,1H3. The van der Waals surface area contributed by atoms with Gasteiger partial charge in [0.05, 0.1) is 10.5 Å². The third-order valence-electron chi connectivity index (χ3n) is 2.14. The first-order chi connectivity index (χ1) is 7.45. The molecule has 1 aromatic heterocycles. The van der Waals surface area contributed by atoms with Crippen LogP contribution in [0.1, 0.15) is 18.6 Å². The highest BCUT2D eigenvalue weighted by atomic mass is 16.6. The highest BCUT2D eigenvalue weighted by Gasteiger charge is 2.31. The van der Waals surface area contributed by atoms with E-state index >= 15 is 0 Å². The molecule has 1 N–H and O–H groups in total. The maximum absolute atomic E-state index is 10.6. The fourth-order valence-corrected chi connectivity index (χ4v) is 1.17. The summed E-state index contributed by atoms with van der Waals surface area (Å²) in [6.07, 6.45) is 0.655. The van der Waals surface area contributed by atoms with Crippen LogP contribution in [0, 0.1) is 20.2 Å². The molecule has 0 radical (unpaired) electrons. The lowest BCUT2D eigenvalue weighted by atomic mass is 10.0. The van der Waals surface area contributed by atoms with Crippen molar-refractivity contribution in [3.05, 3.63) is 44.3 Å². The number of nitrogens with zero attached hydrogens (tertiary/aromatic N) is 3. The Morgan fingerprint density at radius 2 is 2.06 bits per heavy atom. The van der Waals surface area contributed by atoms with E-state index in [1.54, 1.807) is 0 Å². The lowest BCUT2D eigenvalue weighted by molar-refractivity contribution is -0.531. The maximum Gasteiger partial charge on any atom is 0.293 e. The zero-order valence-corrected chi connectivity index (χ0v) is 8.31. The minimum atomic E-state index is -1.53. The number of aliphatic hydroxyl groups excluding tert-OH is 1. The van der Waals surface area contributed by atoms with Crippen LogP contribution in [0.5, 0.6) is 0 Å². The number of rotatable bonds is 4. The monoisotopic (exact) mass is 227 g/mol. The highest BCUT2D eigenvalue weighted by Crippen LogP contribution is 2.26. The van der Waals surface area contributed by atoms with E-state index in [0.29, 0.717) is 0 Å². The van der Waals surface area contributed by atoms with Crippen molar-refractivity contribution < 1.29 is 15.0 Å². The van der Waals surface area contributed by atoms with Gasteiger partial charge in [-0.2, -0.15) is 0 Å². The molecule has 8 heteroatoms. The summed E-state index contributed by atoms with van der Waals surface area (Å²) in [7, 11) is 0. The lowest BCUT2D eigenvalue weighted by Gasteiger charge is -2.11. The second kappa shape index (κ2) is 4.62. The van der Waals surface area contributed by atoms with E-state index in [0.717, 1.165) is 6.20 Å². The Hall–Kier alpha value is -2.09. The van der Waals surface area contributed by atoms with Gasteiger partial charge in [-0.3, -0.25) is 25.2 Å². The Balaban J connectivity index is 3.12. The Bertz CT molecular complexity index is 422. The Labute approximate surface area is 89.8 Å². The predicted octanol–water partition coefficient (Wildman–Crippen LogP) is 0.688. The Kier molecular flexibility index (Phi) is 3.46. The van der Waals surface area contributed by atoms with Gasteiger partial charge in [0, 0.05) is 18.0 Å². The summed E-state index contributed by atoms with van der Waals surface area (Å²) >= 11 is 0. The third-order valence-corrected chi connectivity index (χ3v) is 2.14. The number of hydrogen-bond donors (Lipinski definition) is 1. The van der Waals surface area contributed by atoms with E-state index in [1.807, 2.05) is 0 Å². The van der Waals surface area contributed by atoms with E-state index in [2.05, 4.69) is 4.98 Å². The molecule has 1 heterocycles. The van der Waals surface area contributed by atoms with E-state index < -0.39 is 27.7 Å². The van der Waals surface area contributed by atoms with Crippen molar-refractivity contribution in [2.24, 2.45) is 0 Å². The Morgan fingerprint density at radius 1 is 1.44 bits per heavy atom. The van der Waals surface area contributed by atoms with Crippen LogP contribution in [-0.2, 0) is 0 Å². The van der Waals surface area contributed by atoms with Gasteiger partial charge in [-0.15, -0.1) is 0 Å². The summed E-state index contributed by atoms with van der Waals surface area (Å²) in [6.45, 7) is 1.18. The number of aliphatic hydroxyl groups is 1. The second-order valence-electron chi connectivity index (χ2n) is 3.16. The summed E-state index contributed by atoms with van der Waals surface area (Å²) < 4.78 is 0. The largest absolute Gasteiger partial charge is 0.381 e. The maximum atomic E-state index is 10.6. The smallest absolute Gasteiger partial charge is 0.293 e. The van der Waals surface area contributed by atoms with Gasteiger partial charge in [-0.1, -0.05) is 0 Å². The molecule has 0 amide bonds. The molecule has 0 bridgehead atoms. The second-order valence-corrected chi connectivity index (χ2v) is 3.16. The van der Waals surface area contributed by atoms with Gasteiger partial charge in [0.2, 0.25) is 6.04 Å². The average molecular weight is 227 g/mol. The molecule has 0 saturated carbocycles. The molecule has 1 rings (SSSR count).